The fraction of sp³-hybridized carbons (Fsp3) is 0.471. The predicted molar refractivity (Wildman–Crippen MR) is 95.1 cm³/mol. The third-order valence-corrected chi connectivity index (χ3v) is 5.19. The first kappa shape index (κ1) is 16.8. The van der Waals surface area contributed by atoms with E-state index < -0.39 is 6.03 Å². The number of hydrogen-bond donors (Lipinski definition) is 2. The van der Waals surface area contributed by atoms with Gasteiger partial charge in [-0.3, -0.25) is 10.1 Å². The number of hydrogen-bond acceptors (Lipinski definition) is 4. The van der Waals surface area contributed by atoms with Crippen molar-refractivity contribution in [3.8, 4) is 0 Å². The summed E-state index contributed by atoms with van der Waals surface area (Å²) in [7, 11) is 0. The van der Waals surface area contributed by atoms with E-state index in [4.69, 9.17) is 0 Å². The molecule has 0 saturated heterocycles. The summed E-state index contributed by atoms with van der Waals surface area (Å²) in [5, 5.41) is 6.05. The van der Waals surface area contributed by atoms with Crippen LogP contribution in [0.2, 0.25) is 0 Å². The molecule has 1 aliphatic carbocycles. The third-order valence-electron chi connectivity index (χ3n) is 4.21. The number of amides is 3. The van der Waals surface area contributed by atoms with Crippen molar-refractivity contribution in [2.75, 3.05) is 5.75 Å². The summed E-state index contributed by atoms with van der Waals surface area (Å²) in [6.45, 7) is 2.83. The second-order valence-electron chi connectivity index (χ2n) is 5.92. The number of carbonyl (C=O) groups is 2. The van der Waals surface area contributed by atoms with Gasteiger partial charge in [0.05, 0.1) is 16.8 Å². The molecule has 0 bridgehead atoms. The number of urea groups is 1. The van der Waals surface area contributed by atoms with Crippen molar-refractivity contribution >= 4 is 34.7 Å². The number of aromatic nitrogens is 2. The van der Waals surface area contributed by atoms with E-state index in [1.54, 1.807) is 0 Å². The Morgan fingerprint density at radius 2 is 2.04 bits per heavy atom. The maximum atomic E-state index is 12.0. The molecule has 24 heavy (non-hydrogen) atoms. The molecular weight excluding hydrogens is 324 g/mol. The van der Waals surface area contributed by atoms with Crippen LogP contribution in [0, 0.1) is 0 Å². The van der Waals surface area contributed by atoms with E-state index in [0.29, 0.717) is 0 Å². The van der Waals surface area contributed by atoms with Gasteiger partial charge in [0.25, 0.3) is 0 Å². The molecule has 3 rings (SSSR count). The third kappa shape index (κ3) is 3.90. The highest BCUT2D eigenvalue weighted by Gasteiger charge is 2.18. The molecule has 128 valence electrons. The van der Waals surface area contributed by atoms with Crippen LogP contribution in [0.1, 0.15) is 32.6 Å². The van der Waals surface area contributed by atoms with Crippen molar-refractivity contribution in [3.63, 3.8) is 0 Å². The lowest BCUT2D eigenvalue weighted by molar-refractivity contribution is -0.117. The van der Waals surface area contributed by atoms with E-state index in [0.717, 1.165) is 48.4 Å². The highest BCUT2D eigenvalue weighted by molar-refractivity contribution is 7.99. The number of imide groups is 1. The van der Waals surface area contributed by atoms with Crippen molar-refractivity contribution in [2.45, 2.75) is 50.4 Å². The molecule has 1 aromatic carbocycles. The minimum Gasteiger partial charge on any atom is -0.335 e. The van der Waals surface area contributed by atoms with Crippen LogP contribution in [0.15, 0.2) is 29.4 Å². The molecule has 0 unspecified atom stereocenters. The van der Waals surface area contributed by atoms with Crippen LogP contribution in [0.4, 0.5) is 4.79 Å². The van der Waals surface area contributed by atoms with Crippen LogP contribution in [0.3, 0.4) is 0 Å². The summed E-state index contributed by atoms with van der Waals surface area (Å²) < 4.78 is 2.08. The maximum absolute atomic E-state index is 12.0. The van der Waals surface area contributed by atoms with Gasteiger partial charge in [0.2, 0.25) is 5.91 Å². The van der Waals surface area contributed by atoms with Gasteiger partial charge in [-0.05, 0) is 31.9 Å². The summed E-state index contributed by atoms with van der Waals surface area (Å²) in [4.78, 5) is 28.4. The van der Waals surface area contributed by atoms with Crippen LogP contribution >= 0.6 is 11.8 Å². The number of benzene rings is 1. The molecular formula is C17H22N4O2S. The van der Waals surface area contributed by atoms with Gasteiger partial charge in [0.1, 0.15) is 0 Å². The molecule has 1 aromatic heterocycles. The van der Waals surface area contributed by atoms with Gasteiger partial charge >= 0.3 is 6.03 Å². The monoisotopic (exact) mass is 346 g/mol. The standard InChI is InChI=1S/C17H22N4O2S/c1-2-21-14-10-6-5-9-13(14)19-17(21)24-11-15(22)20-16(23)18-12-7-3-4-8-12/h5-6,9-10,12H,2-4,7-8,11H2,1H3,(H2,18,20,22,23). The number of para-hydroxylation sites is 2. The van der Waals surface area contributed by atoms with Crippen molar-refractivity contribution in [1.82, 2.24) is 20.2 Å². The molecule has 0 atom stereocenters. The Hall–Kier alpha value is -2.02. The first-order valence-electron chi connectivity index (χ1n) is 8.35. The highest BCUT2D eigenvalue weighted by atomic mass is 32.2. The topological polar surface area (TPSA) is 76.0 Å². The average molecular weight is 346 g/mol. The largest absolute Gasteiger partial charge is 0.335 e. The second kappa shape index (κ2) is 7.70. The number of thioether (sulfide) groups is 1. The Balaban J connectivity index is 1.55. The van der Waals surface area contributed by atoms with E-state index >= 15 is 0 Å². The quantitative estimate of drug-likeness (QED) is 0.816. The Bertz CT molecular complexity index is 737. The van der Waals surface area contributed by atoms with Crippen LogP contribution < -0.4 is 10.6 Å². The lowest BCUT2D eigenvalue weighted by atomic mass is 10.2. The van der Waals surface area contributed by atoms with Gasteiger partial charge in [0.15, 0.2) is 5.16 Å². The van der Waals surface area contributed by atoms with Gasteiger partial charge in [-0.25, -0.2) is 9.78 Å². The van der Waals surface area contributed by atoms with E-state index in [-0.39, 0.29) is 17.7 Å². The molecule has 0 spiro atoms. The Morgan fingerprint density at radius 1 is 1.29 bits per heavy atom. The minimum atomic E-state index is -0.392. The number of aryl methyl sites for hydroxylation is 1. The summed E-state index contributed by atoms with van der Waals surface area (Å²) >= 11 is 1.35. The summed E-state index contributed by atoms with van der Waals surface area (Å²) in [5.74, 6) is -0.133. The Labute approximate surface area is 145 Å². The molecule has 1 aliphatic rings. The van der Waals surface area contributed by atoms with Crippen LogP contribution in [-0.4, -0.2) is 33.3 Å². The first-order chi connectivity index (χ1) is 11.7. The number of rotatable bonds is 5. The van der Waals surface area contributed by atoms with E-state index in [2.05, 4.69) is 20.2 Å². The summed E-state index contributed by atoms with van der Waals surface area (Å²) in [6, 6.07) is 7.71. The number of nitrogens with zero attached hydrogens (tertiary/aromatic N) is 2. The zero-order chi connectivity index (χ0) is 16.9. The molecule has 1 fully saturated rings. The Kier molecular flexibility index (Phi) is 5.40. The molecule has 7 heteroatoms. The molecule has 2 aromatic rings. The fourth-order valence-corrected chi connectivity index (χ4v) is 3.93. The van der Waals surface area contributed by atoms with Crippen molar-refractivity contribution in [2.24, 2.45) is 0 Å². The van der Waals surface area contributed by atoms with Gasteiger partial charge in [-0.2, -0.15) is 0 Å². The molecule has 0 aliphatic heterocycles. The number of fused-ring (bicyclic) bond motifs is 1. The van der Waals surface area contributed by atoms with Crippen LogP contribution in [-0.2, 0) is 11.3 Å². The van der Waals surface area contributed by atoms with E-state index in [1.807, 2.05) is 31.2 Å². The number of nitrogens with one attached hydrogen (secondary N) is 2. The highest BCUT2D eigenvalue weighted by Crippen LogP contribution is 2.23. The fourth-order valence-electron chi connectivity index (χ4n) is 3.05. The first-order valence-corrected chi connectivity index (χ1v) is 9.34. The number of carbonyl (C=O) groups excluding carboxylic acids is 2. The van der Waals surface area contributed by atoms with Gasteiger partial charge in [0, 0.05) is 12.6 Å². The van der Waals surface area contributed by atoms with Crippen LogP contribution in [0.25, 0.3) is 11.0 Å². The normalized spacial score (nSPS) is 14.9. The smallest absolute Gasteiger partial charge is 0.321 e. The van der Waals surface area contributed by atoms with Crippen molar-refractivity contribution in [3.05, 3.63) is 24.3 Å². The average Bonchev–Trinajstić information content (AvgIpc) is 3.19. The van der Waals surface area contributed by atoms with Gasteiger partial charge in [-0.1, -0.05) is 36.7 Å². The van der Waals surface area contributed by atoms with E-state index in [9.17, 15) is 9.59 Å². The lowest BCUT2D eigenvalue weighted by Gasteiger charge is -2.12. The zero-order valence-electron chi connectivity index (χ0n) is 13.7. The van der Waals surface area contributed by atoms with Crippen LogP contribution in [0.5, 0.6) is 0 Å². The molecule has 1 heterocycles. The Morgan fingerprint density at radius 3 is 2.79 bits per heavy atom. The van der Waals surface area contributed by atoms with E-state index in [1.165, 1.54) is 11.8 Å². The molecule has 2 N–H and O–H groups in total. The molecule has 3 amide bonds. The number of imidazole rings is 1. The van der Waals surface area contributed by atoms with Gasteiger partial charge in [-0.15, -0.1) is 0 Å². The summed E-state index contributed by atoms with van der Waals surface area (Å²) in [5.41, 5.74) is 1.98. The second-order valence-corrected chi connectivity index (χ2v) is 6.86. The zero-order valence-corrected chi connectivity index (χ0v) is 14.6. The van der Waals surface area contributed by atoms with Gasteiger partial charge < -0.3 is 9.88 Å². The lowest BCUT2D eigenvalue weighted by Crippen LogP contribution is -2.44. The summed E-state index contributed by atoms with van der Waals surface area (Å²) in [6.07, 6.45) is 4.28. The predicted octanol–water partition coefficient (Wildman–Crippen LogP) is 2.92. The van der Waals surface area contributed by atoms with Crippen molar-refractivity contribution in [1.29, 1.82) is 0 Å². The molecule has 0 radical (unpaired) electrons. The van der Waals surface area contributed by atoms with Crippen molar-refractivity contribution < 1.29 is 9.59 Å². The SMILES string of the molecule is CCn1c(SCC(=O)NC(=O)NC2CCCC2)nc2ccccc21. The molecule has 6 nitrogen and oxygen atoms in total. The minimum absolute atomic E-state index is 0.168. The maximum Gasteiger partial charge on any atom is 0.321 e. The molecule has 1 saturated carbocycles.